The summed E-state index contributed by atoms with van der Waals surface area (Å²) in [7, 11) is 4.29. The molecule has 0 aliphatic heterocycles. The number of nitrogens with zero attached hydrogens (tertiary/aromatic N) is 1. The van der Waals surface area contributed by atoms with Gasteiger partial charge in [-0.25, -0.2) is 4.79 Å². The van der Waals surface area contributed by atoms with Crippen LogP contribution in [-0.4, -0.2) is 43.2 Å². The zero-order chi connectivity index (χ0) is 19.7. The van der Waals surface area contributed by atoms with Crippen LogP contribution in [0.3, 0.4) is 0 Å². The first-order chi connectivity index (χ1) is 13.1. The van der Waals surface area contributed by atoms with Crippen molar-refractivity contribution < 1.29 is 14.6 Å². The molecule has 0 fully saturated rings. The molecule has 0 unspecified atom stereocenters. The summed E-state index contributed by atoms with van der Waals surface area (Å²) in [5, 5.41) is 9.12. The van der Waals surface area contributed by atoms with E-state index in [2.05, 4.69) is 19.0 Å². The Labute approximate surface area is 165 Å². The quantitative estimate of drug-likeness (QED) is 0.338. The summed E-state index contributed by atoms with van der Waals surface area (Å²) in [5.74, 6) is -0.453. The fourth-order valence-corrected chi connectivity index (χ4v) is 3.25. The van der Waals surface area contributed by atoms with Crippen molar-refractivity contribution in [2.24, 2.45) is 0 Å². The number of rotatable bonds is 17. The van der Waals surface area contributed by atoms with Crippen molar-refractivity contribution in [1.82, 2.24) is 4.90 Å². The highest BCUT2D eigenvalue weighted by atomic mass is 16.5. The van der Waals surface area contributed by atoms with E-state index in [9.17, 15) is 4.79 Å². The molecule has 0 aliphatic rings. The number of benzene rings is 1. The number of aromatic carboxylic acids is 1. The number of hydrogen-bond donors (Lipinski definition) is 1. The Hall–Kier alpha value is -1.55. The Balaban J connectivity index is 1.87. The van der Waals surface area contributed by atoms with Crippen LogP contribution in [0.15, 0.2) is 24.3 Å². The summed E-state index contributed by atoms with van der Waals surface area (Å²) in [4.78, 5) is 13.4. The summed E-state index contributed by atoms with van der Waals surface area (Å²) >= 11 is 0. The standard InChI is InChI=1S/C23H39NO3/c1-24(2)19-15-11-9-7-5-3-4-6-8-10-12-16-20-27-22-18-14-13-17-21(22)23(25)26/h13-14,17-18H,3-12,15-16,19-20H2,1-2H3,(H,25,26). The summed E-state index contributed by atoms with van der Waals surface area (Å²) in [6.07, 6.45) is 15.6. The lowest BCUT2D eigenvalue weighted by Crippen LogP contribution is -2.12. The second-order valence-corrected chi connectivity index (χ2v) is 7.70. The maximum absolute atomic E-state index is 11.1. The van der Waals surface area contributed by atoms with Crippen molar-refractivity contribution in [2.45, 2.75) is 77.0 Å². The van der Waals surface area contributed by atoms with E-state index in [4.69, 9.17) is 9.84 Å². The number of hydrogen-bond acceptors (Lipinski definition) is 3. The minimum absolute atomic E-state index is 0.246. The molecule has 0 radical (unpaired) electrons. The lowest BCUT2D eigenvalue weighted by atomic mass is 10.1. The van der Waals surface area contributed by atoms with Crippen LogP contribution in [-0.2, 0) is 0 Å². The molecule has 0 aromatic heterocycles. The minimum atomic E-state index is -0.931. The van der Waals surface area contributed by atoms with E-state index in [0.29, 0.717) is 12.4 Å². The van der Waals surface area contributed by atoms with Gasteiger partial charge in [0.15, 0.2) is 0 Å². The predicted octanol–water partition coefficient (Wildman–Crippen LogP) is 6.01. The second-order valence-electron chi connectivity index (χ2n) is 7.70. The van der Waals surface area contributed by atoms with Crippen LogP contribution in [0.2, 0.25) is 0 Å². The fourth-order valence-electron chi connectivity index (χ4n) is 3.25. The molecule has 1 N–H and O–H groups in total. The average molecular weight is 378 g/mol. The van der Waals surface area contributed by atoms with E-state index >= 15 is 0 Å². The average Bonchev–Trinajstić information content (AvgIpc) is 2.64. The van der Waals surface area contributed by atoms with Crippen LogP contribution < -0.4 is 4.74 Å². The highest BCUT2D eigenvalue weighted by Crippen LogP contribution is 2.18. The molecule has 1 aromatic rings. The van der Waals surface area contributed by atoms with E-state index in [1.807, 2.05) is 6.07 Å². The van der Waals surface area contributed by atoms with E-state index in [-0.39, 0.29) is 5.56 Å². The van der Waals surface area contributed by atoms with Gasteiger partial charge in [0.1, 0.15) is 11.3 Å². The van der Waals surface area contributed by atoms with Gasteiger partial charge in [-0.05, 0) is 45.6 Å². The van der Waals surface area contributed by atoms with Gasteiger partial charge in [-0.2, -0.15) is 0 Å². The van der Waals surface area contributed by atoms with Crippen molar-refractivity contribution in [2.75, 3.05) is 27.2 Å². The Morgan fingerprint density at radius 1 is 0.815 bits per heavy atom. The molecular formula is C23H39NO3. The van der Waals surface area contributed by atoms with Crippen LogP contribution >= 0.6 is 0 Å². The van der Waals surface area contributed by atoms with Gasteiger partial charge in [-0.3, -0.25) is 0 Å². The summed E-state index contributed by atoms with van der Waals surface area (Å²) in [5.41, 5.74) is 0.246. The molecule has 154 valence electrons. The van der Waals surface area contributed by atoms with Gasteiger partial charge >= 0.3 is 5.97 Å². The van der Waals surface area contributed by atoms with Crippen molar-refractivity contribution >= 4 is 5.97 Å². The number of unbranched alkanes of at least 4 members (excludes halogenated alkanes) is 11. The lowest BCUT2D eigenvalue weighted by Gasteiger charge is -2.09. The summed E-state index contributed by atoms with van der Waals surface area (Å²) in [6.45, 7) is 1.81. The van der Waals surface area contributed by atoms with Gasteiger partial charge in [0.05, 0.1) is 6.61 Å². The third kappa shape index (κ3) is 12.5. The van der Waals surface area contributed by atoms with Gasteiger partial charge in [-0.1, -0.05) is 76.3 Å². The van der Waals surface area contributed by atoms with Crippen molar-refractivity contribution in [3.05, 3.63) is 29.8 Å². The number of carboxylic acid groups (broad SMARTS) is 1. The topological polar surface area (TPSA) is 49.8 Å². The van der Waals surface area contributed by atoms with Crippen LogP contribution in [0, 0.1) is 0 Å². The van der Waals surface area contributed by atoms with Crippen LogP contribution in [0.25, 0.3) is 0 Å². The Morgan fingerprint density at radius 3 is 1.81 bits per heavy atom. The third-order valence-electron chi connectivity index (χ3n) is 4.87. The summed E-state index contributed by atoms with van der Waals surface area (Å²) < 4.78 is 5.63. The lowest BCUT2D eigenvalue weighted by molar-refractivity contribution is 0.0692. The summed E-state index contributed by atoms with van der Waals surface area (Å²) in [6, 6.07) is 6.85. The van der Waals surface area contributed by atoms with E-state index < -0.39 is 5.97 Å². The minimum Gasteiger partial charge on any atom is -0.493 e. The maximum atomic E-state index is 11.1. The van der Waals surface area contributed by atoms with Crippen molar-refractivity contribution in [3.8, 4) is 5.75 Å². The Kier molecular flexibility index (Phi) is 13.5. The zero-order valence-electron chi connectivity index (χ0n) is 17.4. The van der Waals surface area contributed by atoms with Gasteiger partial charge < -0.3 is 14.7 Å². The maximum Gasteiger partial charge on any atom is 0.339 e. The molecule has 0 bridgehead atoms. The molecule has 0 spiro atoms. The zero-order valence-corrected chi connectivity index (χ0v) is 17.4. The van der Waals surface area contributed by atoms with Crippen molar-refractivity contribution in [3.63, 3.8) is 0 Å². The first-order valence-corrected chi connectivity index (χ1v) is 10.7. The molecule has 1 aromatic carbocycles. The predicted molar refractivity (Wildman–Crippen MR) is 113 cm³/mol. The largest absolute Gasteiger partial charge is 0.493 e. The third-order valence-corrected chi connectivity index (χ3v) is 4.87. The molecule has 4 nitrogen and oxygen atoms in total. The van der Waals surface area contributed by atoms with Gasteiger partial charge in [-0.15, -0.1) is 0 Å². The van der Waals surface area contributed by atoms with Gasteiger partial charge in [0.2, 0.25) is 0 Å². The highest BCUT2D eigenvalue weighted by molar-refractivity contribution is 5.90. The molecule has 0 heterocycles. The molecule has 27 heavy (non-hydrogen) atoms. The van der Waals surface area contributed by atoms with Crippen molar-refractivity contribution in [1.29, 1.82) is 0 Å². The number of ether oxygens (including phenoxy) is 1. The second kappa shape index (κ2) is 15.5. The number of carboxylic acids is 1. The fraction of sp³-hybridized carbons (Fsp3) is 0.696. The molecule has 0 aliphatic carbocycles. The smallest absolute Gasteiger partial charge is 0.339 e. The van der Waals surface area contributed by atoms with Gasteiger partial charge in [0, 0.05) is 0 Å². The molecular weight excluding hydrogens is 338 g/mol. The van der Waals surface area contributed by atoms with Crippen LogP contribution in [0.5, 0.6) is 5.75 Å². The van der Waals surface area contributed by atoms with E-state index in [1.54, 1.807) is 18.2 Å². The highest BCUT2D eigenvalue weighted by Gasteiger charge is 2.09. The molecule has 4 heteroatoms. The molecule has 0 saturated heterocycles. The normalized spacial score (nSPS) is 11.1. The number of para-hydroxylation sites is 1. The Bertz CT molecular complexity index is 502. The van der Waals surface area contributed by atoms with Crippen LogP contribution in [0.1, 0.15) is 87.4 Å². The van der Waals surface area contributed by atoms with E-state index in [1.165, 1.54) is 70.8 Å². The van der Waals surface area contributed by atoms with Gasteiger partial charge in [0.25, 0.3) is 0 Å². The van der Waals surface area contributed by atoms with Crippen LogP contribution in [0.4, 0.5) is 0 Å². The first kappa shape index (κ1) is 23.5. The molecule has 0 saturated carbocycles. The molecule has 1 rings (SSSR count). The monoisotopic (exact) mass is 377 g/mol. The SMILES string of the molecule is CN(C)CCCCCCCCCCCCCCOc1ccccc1C(=O)O. The molecule has 0 atom stereocenters. The molecule has 0 amide bonds. The van der Waals surface area contributed by atoms with E-state index in [0.717, 1.165) is 12.8 Å². The Morgan fingerprint density at radius 2 is 1.30 bits per heavy atom. The number of carbonyl (C=O) groups is 1. The first-order valence-electron chi connectivity index (χ1n) is 10.7.